The number of ketones is 1. The first kappa shape index (κ1) is 28.5. The second-order valence-electron chi connectivity index (χ2n) is 6.46. The van der Waals surface area contributed by atoms with Gasteiger partial charge < -0.3 is 31.5 Å². The molecule has 0 atom stereocenters. The van der Waals surface area contributed by atoms with Crippen molar-refractivity contribution in [3.8, 4) is 11.5 Å². The average molecular weight is 480 g/mol. The Bertz CT molecular complexity index is 958. The van der Waals surface area contributed by atoms with Gasteiger partial charge in [-0.2, -0.15) is 0 Å². The van der Waals surface area contributed by atoms with Gasteiger partial charge in [0, 0.05) is 18.6 Å². The van der Waals surface area contributed by atoms with Crippen molar-refractivity contribution in [2.45, 2.75) is 13.8 Å². The molecule has 0 aliphatic rings. The predicted octanol–water partition coefficient (Wildman–Crippen LogP) is 6.93. The molecule has 0 aliphatic carbocycles. The molecule has 0 bridgehead atoms. The number of rotatable bonds is 10. The lowest BCUT2D eigenvalue weighted by Gasteiger charge is -2.08. The normalized spacial score (nSPS) is 12.5. The first-order valence-corrected chi connectivity index (χ1v) is 10.6. The maximum atomic E-state index is 9.75. The van der Waals surface area contributed by atoms with Crippen molar-refractivity contribution in [1.82, 2.24) is 0 Å². The van der Waals surface area contributed by atoms with Crippen LogP contribution in [-0.2, 0) is 4.74 Å². The molecular weight excluding hydrogens is 451 g/mol. The van der Waals surface area contributed by atoms with Crippen molar-refractivity contribution in [2.75, 3.05) is 27.4 Å². The molecule has 2 rings (SSSR count). The summed E-state index contributed by atoms with van der Waals surface area (Å²) in [4.78, 5) is 0. The summed E-state index contributed by atoms with van der Waals surface area (Å²) in [5.74, 6) is 3.26. The van der Waals surface area contributed by atoms with Gasteiger partial charge in [0.15, 0.2) is 0 Å². The Kier molecular flexibility index (Phi) is 12.9. The van der Waals surface area contributed by atoms with Crippen molar-refractivity contribution in [3.63, 3.8) is 0 Å². The van der Waals surface area contributed by atoms with Crippen LogP contribution in [0.4, 0.5) is 17.3 Å². The van der Waals surface area contributed by atoms with Crippen LogP contribution in [0.15, 0.2) is 78.9 Å². The van der Waals surface area contributed by atoms with Gasteiger partial charge in [0.1, 0.15) is 17.3 Å². The third-order valence-electron chi connectivity index (χ3n) is 4.07. The molecule has 0 N–H and O–H groups in total. The van der Waals surface area contributed by atoms with Crippen LogP contribution in [0.2, 0.25) is 0 Å². The van der Waals surface area contributed by atoms with Gasteiger partial charge >= 0.3 is 13.0 Å². The Morgan fingerprint density at radius 1 is 0.794 bits per heavy atom. The average Bonchev–Trinajstić information content (AvgIpc) is 2.81. The molecule has 0 saturated heterocycles. The minimum absolute atomic E-state index is 0.598. The third-order valence-corrected chi connectivity index (χ3v) is 4.07. The van der Waals surface area contributed by atoms with Crippen LogP contribution in [0.25, 0.3) is 5.76 Å². The van der Waals surface area contributed by atoms with E-state index < -0.39 is 7.25 Å². The van der Waals surface area contributed by atoms with E-state index in [1.54, 1.807) is 14.2 Å². The molecule has 34 heavy (non-hydrogen) atoms. The summed E-state index contributed by atoms with van der Waals surface area (Å²) in [6, 6.07) is 15.6. The monoisotopic (exact) mass is 480 g/mol. The number of ether oxygens (including phenoxy) is 3. The Labute approximate surface area is 198 Å². The van der Waals surface area contributed by atoms with Crippen LogP contribution in [0.3, 0.4) is 0 Å². The largest absolute Gasteiger partial charge is 0.673 e. The number of benzene rings is 2. The highest BCUT2D eigenvalue weighted by atomic mass is 19.5. The number of carbonyl (C=O) groups excluding carboxylic acids is 1. The third kappa shape index (κ3) is 11.9. The van der Waals surface area contributed by atoms with Crippen LogP contribution in [0.1, 0.15) is 29.4 Å². The molecule has 0 spiro atoms. The van der Waals surface area contributed by atoms with Crippen molar-refractivity contribution in [1.29, 1.82) is 0 Å². The van der Waals surface area contributed by atoms with E-state index in [4.69, 9.17) is 18.6 Å². The molecule has 0 saturated carbocycles. The van der Waals surface area contributed by atoms with Gasteiger partial charge in [-0.3, -0.25) is 4.42 Å². The van der Waals surface area contributed by atoms with Crippen molar-refractivity contribution >= 4 is 18.8 Å². The van der Waals surface area contributed by atoms with Gasteiger partial charge in [0.25, 0.3) is 6.61 Å². The lowest BCUT2D eigenvalue weighted by atomic mass is 10.1. The van der Waals surface area contributed by atoms with E-state index in [1.165, 1.54) is 0 Å². The topological polar surface area (TPSA) is 39.0 Å². The van der Waals surface area contributed by atoms with E-state index >= 15 is 0 Å². The number of hydrogen-bond donors (Lipinski definition) is 0. The van der Waals surface area contributed by atoms with Crippen LogP contribution >= 0.6 is 0 Å². The smallest absolute Gasteiger partial charge is 0.497 e. The summed E-state index contributed by atoms with van der Waals surface area (Å²) in [5, 5.41) is 0. The molecule has 0 aliphatic heterocycles. The van der Waals surface area contributed by atoms with Crippen LogP contribution in [0, 0.1) is 0 Å². The Morgan fingerprint density at radius 2 is 1.29 bits per heavy atom. The molecule has 2 aromatic rings. The fourth-order valence-electron chi connectivity index (χ4n) is 2.63. The van der Waals surface area contributed by atoms with E-state index in [0.717, 1.165) is 34.2 Å². The highest BCUT2D eigenvalue weighted by molar-refractivity contribution is 6.50. The van der Waals surface area contributed by atoms with Gasteiger partial charge in [-0.1, -0.05) is 18.2 Å². The Hall–Kier alpha value is -3.49. The van der Waals surface area contributed by atoms with Crippen molar-refractivity contribution in [2.24, 2.45) is 0 Å². The number of methoxy groups -OCH3 is 2. The number of halogens is 4. The molecule has 0 amide bonds. The summed E-state index contributed by atoms with van der Waals surface area (Å²) in [5.41, 5.74) is 2.00. The molecule has 0 radical (unpaired) electrons. The Balaban J connectivity index is 0.00000104. The van der Waals surface area contributed by atoms with E-state index in [9.17, 15) is 17.3 Å². The fourth-order valence-corrected chi connectivity index (χ4v) is 2.63. The number of allylic oxidation sites excluding steroid dienone is 5. The van der Waals surface area contributed by atoms with Crippen LogP contribution in [0.5, 0.6) is 11.5 Å². The van der Waals surface area contributed by atoms with Gasteiger partial charge in [0.2, 0.25) is 0 Å². The van der Waals surface area contributed by atoms with Crippen LogP contribution in [-0.4, -0.2) is 40.5 Å². The van der Waals surface area contributed by atoms with E-state index in [1.807, 2.05) is 92.8 Å². The molecule has 2 aromatic carbocycles. The Morgan fingerprint density at radius 3 is 1.74 bits per heavy atom. The molecule has 0 fully saturated rings. The molecule has 4 nitrogen and oxygen atoms in total. The fraction of sp³-hybridized carbons (Fsp3) is 0.240. The zero-order chi connectivity index (χ0) is 25.4. The first-order chi connectivity index (χ1) is 16.2. The van der Waals surface area contributed by atoms with Gasteiger partial charge in [0.05, 0.1) is 26.4 Å². The molecule has 0 aromatic heterocycles. The first-order valence-electron chi connectivity index (χ1n) is 10.6. The van der Waals surface area contributed by atoms with Gasteiger partial charge in [-0.05, 0) is 61.5 Å². The predicted molar refractivity (Wildman–Crippen MR) is 129 cm³/mol. The summed E-state index contributed by atoms with van der Waals surface area (Å²) >= 11 is 0. The van der Waals surface area contributed by atoms with Gasteiger partial charge in [-0.15, -0.1) is 0 Å². The zero-order valence-electron chi connectivity index (χ0n) is 19.6. The lowest BCUT2D eigenvalue weighted by molar-refractivity contribution is -0.261. The summed E-state index contributed by atoms with van der Waals surface area (Å²) in [7, 11) is -2.69. The zero-order valence-corrected chi connectivity index (χ0v) is 19.6. The molecule has 0 unspecified atom stereocenters. The number of hydrogen-bond acceptors (Lipinski definition) is 3. The molecule has 9 heteroatoms. The standard InChI is InChI=1S/C25H29O4.BF4/c1-5-28-24(20-12-16-22(26-3)17-13-20)10-8-7-9-11-25(29-6-2)21-14-18-23(27-4)19-15-21;2-1(3,4)5/h7-19H,5-6H2,1-4H3;/q+1;-1/b8-7+,11-9+,24-10-;. The van der Waals surface area contributed by atoms with Crippen LogP contribution < -0.4 is 9.47 Å². The lowest BCUT2D eigenvalue weighted by Crippen LogP contribution is -2.02. The van der Waals surface area contributed by atoms with E-state index in [-0.39, 0.29) is 0 Å². The maximum Gasteiger partial charge on any atom is 0.673 e. The summed E-state index contributed by atoms with van der Waals surface area (Å²) in [6.07, 6.45) is 9.74. The summed E-state index contributed by atoms with van der Waals surface area (Å²) in [6.45, 7) is 5.14. The second-order valence-corrected chi connectivity index (χ2v) is 6.46. The minimum atomic E-state index is -6.00. The van der Waals surface area contributed by atoms with E-state index in [2.05, 4.69) is 0 Å². The highest BCUT2D eigenvalue weighted by Gasteiger charge is 2.20. The highest BCUT2D eigenvalue weighted by Crippen LogP contribution is 2.20. The van der Waals surface area contributed by atoms with Crippen molar-refractivity contribution < 1.29 is 35.9 Å². The van der Waals surface area contributed by atoms with Crippen molar-refractivity contribution in [3.05, 3.63) is 90.0 Å². The van der Waals surface area contributed by atoms with E-state index in [0.29, 0.717) is 13.2 Å². The minimum Gasteiger partial charge on any atom is -0.497 e. The molecule has 184 valence electrons. The maximum absolute atomic E-state index is 9.75. The quantitative estimate of drug-likeness (QED) is 0.0704. The SMILES string of the molecule is CCO\C(=C/C=C/C=C/C(=[O+]CC)c1ccc(OC)cc1)c1ccc(OC)cc1.F[B-](F)(F)F. The molecule has 0 heterocycles. The second kappa shape index (κ2) is 15.4. The molecular formula is C25H29BF4O4. The van der Waals surface area contributed by atoms with Gasteiger partial charge in [-0.25, -0.2) is 0 Å². The summed E-state index contributed by atoms with van der Waals surface area (Å²) < 4.78 is 60.9.